The van der Waals surface area contributed by atoms with E-state index in [0.717, 1.165) is 12.0 Å². The number of halogens is 1. The predicted octanol–water partition coefficient (Wildman–Crippen LogP) is 3.95. The fourth-order valence-corrected chi connectivity index (χ4v) is 5.22. The Bertz CT molecular complexity index is 903. The first-order valence-corrected chi connectivity index (χ1v) is 11.5. The molecule has 1 N–H and O–H groups in total. The van der Waals surface area contributed by atoms with Gasteiger partial charge in [0.05, 0.1) is 11.7 Å². The Balaban J connectivity index is 1.54. The molecule has 1 saturated heterocycles. The number of carbonyl (C=O) groups excluding carboxylic acids is 1. The molecule has 0 aromatic heterocycles. The maximum Gasteiger partial charge on any atom is 0.228 e. The van der Waals surface area contributed by atoms with Crippen LogP contribution in [-0.4, -0.2) is 37.5 Å². The standard InChI is InChI=1S/C21H25ClN2O3S/c22-19-11-4-12-20(15-19)23-21(25)18-10-5-13-24(16-18)28(26,27)14-6-9-17-7-2-1-3-8-17/h1-4,7-8,11-12,15,18H,5-6,9-10,13-14,16H2,(H,23,25)/t18-/m0/s1. The summed E-state index contributed by atoms with van der Waals surface area (Å²) in [6.07, 6.45) is 2.67. The van der Waals surface area contributed by atoms with Crippen LogP contribution in [0.5, 0.6) is 0 Å². The first-order valence-electron chi connectivity index (χ1n) is 9.52. The Labute approximate surface area is 171 Å². The molecule has 5 nitrogen and oxygen atoms in total. The maximum atomic E-state index is 12.7. The van der Waals surface area contributed by atoms with Crippen molar-refractivity contribution in [3.8, 4) is 0 Å². The van der Waals surface area contributed by atoms with E-state index >= 15 is 0 Å². The van der Waals surface area contributed by atoms with Crippen LogP contribution in [-0.2, 0) is 21.2 Å². The summed E-state index contributed by atoms with van der Waals surface area (Å²) in [6.45, 7) is 0.717. The largest absolute Gasteiger partial charge is 0.326 e. The Morgan fingerprint density at radius 3 is 2.68 bits per heavy atom. The van der Waals surface area contributed by atoms with Crippen molar-refractivity contribution in [2.45, 2.75) is 25.7 Å². The molecule has 2 aromatic carbocycles. The van der Waals surface area contributed by atoms with Crippen molar-refractivity contribution in [2.75, 3.05) is 24.2 Å². The summed E-state index contributed by atoms with van der Waals surface area (Å²) < 4.78 is 26.9. The van der Waals surface area contributed by atoms with Gasteiger partial charge in [-0.3, -0.25) is 4.79 Å². The second kappa shape index (κ2) is 9.54. The molecule has 1 aliphatic heterocycles. The van der Waals surface area contributed by atoms with Crippen molar-refractivity contribution in [3.63, 3.8) is 0 Å². The molecule has 0 aliphatic carbocycles. The van der Waals surface area contributed by atoms with E-state index in [0.29, 0.717) is 36.5 Å². The highest BCUT2D eigenvalue weighted by molar-refractivity contribution is 7.89. The van der Waals surface area contributed by atoms with Gasteiger partial charge in [-0.2, -0.15) is 0 Å². The summed E-state index contributed by atoms with van der Waals surface area (Å²) in [5, 5.41) is 3.39. The Morgan fingerprint density at radius 2 is 1.93 bits per heavy atom. The fourth-order valence-electron chi connectivity index (χ4n) is 3.45. The number of aryl methyl sites for hydroxylation is 1. The number of carbonyl (C=O) groups is 1. The molecule has 1 fully saturated rings. The van der Waals surface area contributed by atoms with Gasteiger partial charge in [-0.15, -0.1) is 0 Å². The molecule has 1 aliphatic rings. The molecule has 28 heavy (non-hydrogen) atoms. The predicted molar refractivity (Wildman–Crippen MR) is 113 cm³/mol. The number of rotatable bonds is 7. The zero-order valence-corrected chi connectivity index (χ0v) is 17.3. The van der Waals surface area contributed by atoms with Gasteiger partial charge in [0.1, 0.15) is 0 Å². The number of piperidine rings is 1. The van der Waals surface area contributed by atoms with Crippen molar-refractivity contribution in [1.82, 2.24) is 4.31 Å². The quantitative estimate of drug-likeness (QED) is 0.737. The number of sulfonamides is 1. The molecule has 7 heteroatoms. The van der Waals surface area contributed by atoms with E-state index in [1.807, 2.05) is 30.3 Å². The van der Waals surface area contributed by atoms with Crippen LogP contribution in [0.2, 0.25) is 5.02 Å². The molecule has 0 radical (unpaired) electrons. The van der Waals surface area contributed by atoms with E-state index in [1.165, 1.54) is 4.31 Å². The first kappa shape index (κ1) is 20.8. The number of anilines is 1. The number of hydrogen-bond acceptors (Lipinski definition) is 3. The van der Waals surface area contributed by atoms with Crippen LogP contribution in [0.1, 0.15) is 24.8 Å². The van der Waals surface area contributed by atoms with E-state index < -0.39 is 10.0 Å². The molecular weight excluding hydrogens is 396 g/mol. The van der Waals surface area contributed by atoms with Crippen molar-refractivity contribution in [3.05, 3.63) is 65.2 Å². The van der Waals surface area contributed by atoms with Gasteiger partial charge in [-0.05, 0) is 49.4 Å². The van der Waals surface area contributed by atoms with Crippen molar-refractivity contribution < 1.29 is 13.2 Å². The zero-order valence-electron chi connectivity index (χ0n) is 15.7. The molecule has 1 atom stereocenters. The van der Waals surface area contributed by atoms with E-state index in [2.05, 4.69) is 5.32 Å². The van der Waals surface area contributed by atoms with Gasteiger partial charge in [-0.25, -0.2) is 12.7 Å². The summed E-state index contributed by atoms with van der Waals surface area (Å²) >= 11 is 5.95. The number of benzene rings is 2. The van der Waals surface area contributed by atoms with Crippen LogP contribution in [0, 0.1) is 5.92 Å². The first-order chi connectivity index (χ1) is 13.4. The second-order valence-electron chi connectivity index (χ2n) is 7.10. The highest BCUT2D eigenvalue weighted by atomic mass is 35.5. The Morgan fingerprint density at radius 1 is 1.14 bits per heavy atom. The normalized spacial score (nSPS) is 18.0. The molecular formula is C21H25ClN2O3S. The summed E-state index contributed by atoms with van der Waals surface area (Å²) in [6, 6.07) is 16.8. The lowest BCUT2D eigenvalue weighted by atomic mass is 9.99. The smallest absolute Gasteiger partial charge is 0.228 e. The minimum atomic E-state index is -3.37. The lowest BCUT2D eigenvalue weighted by Crippen LogP contribution is -2.44. The van der Waals surface area contributed by atoms with E-state index in [9.17, 15) is 13.2 Å². The molecule has 3 rings (SSSR count). The topological polar surface area (TPSA) is 66.5 Å². The molecule has 2 aromatic rings. The van der Waals surface area contributed by atoms with Crippen molar-refractivity contribution >= 4 is 33.2 Å². The lowest BCUT2D eigenvalue weighted by Gasteiger charge is -2.31. The molecule has 0 bridgehead atoms. The molecule has 0 spiro atoms. The Kier molecular flexibility index (Phi) is 7.10. The van der Waals surface area contributed by atoms with Crippen molar-refractivity contribution in [1.29, 1.82) is 0 Å². The highest BCUT2D eigenvalue weighted by Gasteiger charge is 2.32. The average molecular weight is 421 g/mol. The van der Waals surface area contributed by atoms with Crippen LogP contribution < -0.4 is 5.32 Å². The van der Waals surface area contributed by atoms with Gasteiger partial charge >= 0.3 is 0 Å². The summed E-state index contributed by atoms with van der Waals surface area (Å²) in [5.41, 5.74) is 1.76. The third kappa shape index (κ3) is 5.80. The third-order valence-corrected chi connectivity index (χ3v) is 7.11. The van der Waals surface area contributed by atoms with Gasteiger partial charge in [0.15, 0.2) is 0 Å². The van der Waals surface area contributed by atoms with Gasteiger partial charge in [-0.1, -0.05) is 48.0 Å². The zero-order chi connectivity index (χ0) is 20.0. The summed E-state index contributed by atoms with van der Waals surface area (Å²) in [7, 11) is -3.37. The minimum absolute atomic E-state index is 0.102. The molecule has 0 saturated carbocycles. The van der Waals surface area contributed by atoms with E-state index in [1.54, 1.807) is 24.3 Å². The van der Waals surface area contributed by atoms with Crippen LogP contribution >= 0.6 is 11.6 Å². The summed E-state index contributed by atoms with van der Waals surface area (Å²) in [5.74, 6) is -0.409. The highest BCUT2D eigenvalue weighted by Crippen LogP contribution is 2.23. The molecule has 0 unspecified atom stereocenters. The van der Waals surface area contributed by atoms with Crippen LogP contribution in [0.25, 0.3) is 0 Å². The minimum Gasteiger partial charge on any atom is -0.326 e. The average Bonchev–Trinajstić information content (AvgIpc) is 2.69. The lowest BCUT2D eigenvalue weighted by molar-refractivity contribution is -0.120. The fraction of sp³-hybridized carbons (Fsp3) is 0.381. The molecule has 1 heterocycles. The number of amides is 1. The maximum absolute atomic E-state index is 12.7. The van der Waals surface area contributed by atoms with Crippen LogP contribution in [0.3, 0.4) is 0 Å². The SMILES string of the molecule is O=C(Nc1cccc(Cl)c1)[C@H]1CCCN(S(=O)(=O)CCCc2ccccc2)C1. The number of nitrogens with zero attached hydrogens (tertiary/aromatic N) is 1. The van der Waals surface area contributed by atoms with Gasteiger partial charge < -0.3 is 5.32 Å². The second-order valence-corrected chi connectivity index (χ2v) is 9.63. The van der Waals surface area contributed by atoms with Crippen LogP contribution in [0.15, 0.2) is 54.6 Å². The van der Waals surface area contributed by atoms with Gasteiger partial charge in [0.2, 0.25) is 15.9 Å². The van der Waals surface area contributed by atoms with Gasteiger partial charge in [0, 0.05) is 23.8 Å². The van der Waals surface area contributed by atoms with E-state index in [4.69, 9.17) is 11.6 Å². The third-order valence-electron chi connectivity index (χ3n) is 4.95. The van der Waals surface area contributed by atoms with E-state index in [-0.39, 0.29) is 24.1 Å². The van der Waals surface area contributed by atoms with Gasteiger partial charge in [0.25, 0.3) is 0 Å². The summed E-state index contributed by atoms with van der Waals surface area (Å²) in [4.78, 5) is 12.6. The molecule has 1 amide bonds. The van der Waals surface area contributed by atoms with Crippen LogP contribution in [0.4, 0.5) is 5.69 Å². The monoisotopic (exact) mass is 420 g/mol. The number of nitrogens with one attached hydrogen (secondary N) is 1. The number of hydrogen-bond donors (Lipinski definition) is 1. The van der Waals surface area contributed by atoms with Crippen molar-refractivity contribution in [2.24, 2.45) is 5.92 Å². The molecule has 150 valence electrons. The Hall–Kier alpha value is -1.89.